The molecule has 10 heavy (non-hydrogen) atoms. The van der Waals surface area contributed by atoms with Gasteiger partial charge >= 0.3 is 0 Å². The molecular weight excluding hydrogens is 165 g/mol. The number of halogens is 1. The van der Waals surface area contributed by atoms with E-state index in [-0.39, 0.29) is 11.0 Å². The van der Waals surface area contributed by atoms with Gasteiger partial charge in [-0.25, -0.2) is 20.2 Å². The zero-order valence-electron chi connectivity index (χ0n) is 4.77. The van der Waals surface area contributed by atoms with E-state index in [2.05, 4.69) is 0 Å². The summed E-state index contributed by atoms with van der Waals surface area (Å²) in [5, 5.41) is 17.1. The van der Waals surface area contributed by atoms with Crippen molar-refractivity contribution in [1.29, 1.82) is 0 Å². The number of hydrogen-bond donors (Lipinski definition) is 0. The summed E-state index contributed by atoms with van der Waals surface area (Å²) in [7, 11) is 0. The zero-order valence-corrected chi connectivity index (χ0v) is 5.52. The molecule has 0 bridgehead atoms. The van der Waals surface area contributed by atoms with Crippen LogP contribution in [0.1, 0.15) is 0 Å². The lowest BCUT2D eigenvalue weighted by atomic mass is 10.8. The molecule has 0 saturated carbocycles. The standard InChI is InChI=1S/C2H4ClN3O4/c3-1-2-4(5(7)8)6(9)10/h1-2H2. The molecule has 0 aliphatic rings. The monoisotopic (exact) mass is 169 g/mol. The highest BCUT2D eigenvalue weighted by Gasteiger charge is 2.25. The maximum Gasteiger partial charge on any atom is 0.222 e. The number of rotatable bonds is 4. The first-order chi connectivity index (χ1) is 4.59. The van der Waals surface area contributed by atoms with Crippen molar-refractivity contribution in [3.63, 3.8) is 0 Å². The van der Waals surface area contributed by atoms with Crippen molar-refractivity contribution >= 4 is 11.6 Å². The Balaban J connectivity index is 3.98. The van der Waals surface area contributed by atoms with Gasteiger partial charge in [0.15, 0.2) is 11.7 Å². The maximum absolute atomic E-state index is 9.76. The normalized spacial score (nSPS) is 8.90. The Morgan fingerprint density at radius 3 is 1.80 bits per heavy atom. The Bertz CT molecular complexity index is 135. The molecule has 0 unspecified atom stereocenters. The van der Waals surface area contributed by atoms with Crippen molar-refractivity contribution < 1.29 is 10.1 Å². The number of hydrogen-bond acceptors (Lipinski definition) is 4. The molecule has 0 rings (SSSR count). The van der Waals surface area contributed by atoms with Crippen molar-refractivity contribution in [2.24, 2.45) is 0 Å². The zero-order chi connectivity index (χ0) is 8.15. The predicted octanol–water partition coefficient (Wildman–Crippen LogP) is -0.0894. The minimum atomic E-state index is -1.12. The van der Waals surface area contributed by atoms with Crippen LogP contribution in [0.25, 0.3) is 0 Å². The van der Waals surface area contributed by atoms with Gasteiger partial charge in [0.05, 0.1) is 5.88 Å². The first-order valence-electron chi connectivity index (χ1n) is 2.21. The van der Waals surface area contributed by atoms with Crippen LogP contribution in [0.2, 0.25) is 0 Å². The minimum Gasteiger partial charge on any atom is -0.230 e. The summed E-state index contributed by atoms with van der Waals surface area (Å²) in [4.78, 5) is 19.5. The molecule has 0 spiro atoms. The number of nitrogens with zero attached hydrogens (tertiary/aromatic N) is 3. The molecule has 0 aromatic rings. The van der Waals surface area contributed by atoms with E-state index in [4.69, 9.17) is 11.6 Å². The van der Waals surface area contributed by atoms with Gasteiger partial charge in [0.25, 0.3) is 0 Å². The van der Waals surface area contributed by atoms with Crippen LogP contribution in [0.4, 0.5) is 0 Å². The van der Waals surface area contributed by atoms with Gasteiger partial charge < -0.3 is 0 Å². The van der Waals surface area contributed by atoms with E-state index in [1.54, 1.807) is 0 Å². The van der Waals surface area contributed by atoms with Crippen molar-refractivity contribution in [1.82, 2.24) is 5.12 Å². The van der Waals surface area contributed by atoms with Crippen molar-refractivity contribution in [2.45, 2.75) is 0 Å². The van der Waals surface area contributed by atoms with Crippen molar-refractivity contribution in [3.05, 3.63) is 20.2 Å². The van der Waals surface area contributed by atoms with Crippen LogP contribution >= 0.6 is 11.6 Å². The molecule has 0 amide bonds. The summed E-state index contributed by atoms with van der Waals surface area (Å²) >= 11 is 5.03. The molecule has 0 heterocycles. The highest BCUT2D eigenvalue weighted by Crippen LogP contribution is 1.89. The third-order valence-corrected chi connectivity index (χ3v) is 0.831. The summed E-state index contributed by atoms with van der Waals surface area (Å²) in [6, 6.07) is 0. The van der Waals surface area contributed by atoms with Gasteiger partial charge in [0.1, 0.15) is 0 Å². The molecule has 0 saturated heterocycles. The molecule has 0 aromatic heterocycles. The van der Waals surface area contributed by atoms with Gasteiger partial charge in [-0.3, -0.25) is 0 Å². The Morgan fingerprint density at radius 1 is 1.30 bits per heavy atom. The molecule has 0 N–H and O–H groups in total. The van der Waals surface area contributed by atoms with E-state index in [1.165, 1.54) is 0 Å². The molecule has 8 heteroatoms. The quantitative estimate of drug-likeness (QED) is 0.333. The average molecular weight is 170 g/mol. The third-order valence-electron chi connectivity index (χ3n) is 0.662. The number of alkyl halides is 1. The Morgan fingerprint density at radius 2 is 1.70 bits per heavy atom. The van der Waals surface area contributed by atoms with Gasteiger partial charge in [-0.15, -0.1) is 11.6 Å². The van der Waals surface area contributed by atoms with Crippen LogP contribution in [0.5, 0.6) is 0 Å². The first-order valence-corrected chi connectivity index (χ1v) is 2.75. The lowest BCUT2D eigenvalue weighted by Gasteiger charge is -1.98. The van der Waals surface area contributed by atoms with Gasteiger partial charge in [0, 0.05) is 0 Å². The van der Waals surface area contributed by atoms with Crippen LogP contribution in [-0.4, -0.2) is 27.6 Å². The fourth-order valence-corrected chi connectivity index (χ4v) is 0.450. The molecule has 0 atom stereocenters. The molecule has 0 radical (unpaired) electrons. The molecule has 7 nitrogen and oxygen atoms in total. The van der Waals surface area contributed by atoms with Gasteiger partial charge in [-0.2, -0.15) is 0 Å². The molecule has 0 aliphatic carbocycles. The molecule has 0 aromatic carbocycles. The Hall–Kier alpha value is -1.11. The van der Waals surface area contributed by atoms with Crippen LogP contribution in [0, 0.1) is 20.2 Å². The smallest absolute Gasteiger partial charge is 0.222 e. The van der Waals surface area contributed by atoms with E-state index in [9.17, 15) is 20.2 Å². The van der Waals surface area contributed by atoms with Crippen LogP contribution < -0.4 is 0 Å². The van der Waals surface area contributed by atoms with E-state index in [0.717, 1.165) is 0 Å². The summed E-state index contributed by atoms with van der Waals surface area (Å²) < 4.78 is 0. The van der Waals surface area contributed by atoms with Crippen LogP contribution in [0.3, 0.4) is 0 Å². The first kappa shape index (κ1) is 8.89. The molecule has 0 aliphatic heterocycles. The molecule has 0 fully saturated rings. The highest BCUT2D eigenvalue weighted by molar-refractivity contribution is 6.18. The van der Waals surface area contributed by atoms with E-state index in [0.29, 0.717) is 0 Å². The lowest BCUT2D eigenvalue weighted by molar-refractivity contribution is -0.906. The maximum atomic E-state index is 9.76. The van der Waals surface area contributed by atoms with Gasteiger partial charge in [0.2, 0.25) is 10.1 Å². The predicted molar refractivity (Wildman–Crippen MR) is 31.4 cm³/mol. The topological polar surface area (TPSA) is 89.5 Å². The number of hydrazine groups is 2. The van der Waals surface area contributed by atoms with Crippen molar-refractivity contribution in [2.75, 3.05) is 12.4 Å². The summed E-state index contributed by atoms with van der Waals surface area (Å²) in [6.45, 7) is -0.401. The van der Waals surface area contributed by atoms with E-state index < -0.39 is 16.6 Å². The number of nitro groups is 2. The van der Waals surface area contributed by atoms with Crippen molar-refractivity contribution in [3.8, 4) is 0 Å². The summed E-state index contributed by atoms with van der Waals surface area (Å²) in [5.41, 5.74) is 0. The van der Waals surface area contributed by atoms with E-state index in [1.807, 2.05) is 0 Å². The average Bonchev–Trinajstić information content (AvgIpc) is 1.81. The third kappa shape index (κ3) is 2.44. The largest absolute Gasteiger partial charge is 0.230 e. The SMILES string of the molecule is O=[N+]([O-])N(CCCl)[N+](=O)[O-]. The van der Waals surface area contributed by atoms with Gasteiger partial charge in [-0.05, 0) is 0 Å². The fraction of sp³-hybridized carbons (Fsp3) is 1.00. The summed E-state index contributed by atoms with van der Waals surface area (Å²) in [6.07, 6.45) is 0. The highest BCUT2D eigenvalue weighted by atomic mass is 35.5. The molecule has 58 valence electrons. The van der Waals surface area contributed by atoms with Gasteiger partial charge in [-0.1, -0.05) is 0 Å². The fourth-order valence-electron chi connectivity index (χ4n) is 0.299. The second kappa shape index (κ2) is 3.83. The second-order valence-electron chi connectivity index (χ2n) is 1.26. The Kier molecular flexibility index (Phi) is 3.40. The minimum absolute atomic E-state index is 0.151. The lowest BCUT2D eigenvalue weighted by Crippen LogP contribution is -2.36. The Labute approximate surface area is 60.4 Å². The van der Waals surface area contributed by atoms with Crippen LogP contribution in [0.15, 0.2) is 0 Å². The van der Waals surface area contributed by atoms with E-state index >= 15 is 0 Å². The second-order valence-corrected chi connectivity index (χ2v) is 1.64. The molecular formula is C2H4ClN3O4. The van der Waals surface area contributed by atoms with Crippen LogP contribution in [-0.2, 0) is 0 Å². The summed E-state index contributed by atoms with van der Waals surface area (Å²) in [5.74, 6) is -0.151.